The van der Waals surface area contributed by atoms with E-state index in [0.717, 1.165) is 42.9 Å². The smallest absolute Gasteiger partial charge is 0.220 e. The molecule has 1 aromatic heterocycles. The highest BCUT2D eigenvalue weighted by atomic mass is 16.1. The van der Waals surface area contributed by atoms with Gasteiger partial charge in [0, 0.05) is 29.9 Å². The number of nitrogens with zero attached hydrogens (tertiary/aromatic N) is 2. The number of primary amides is 1. The largest absolute Gasteiger partial charge is 0.369 e. The number of nitrogens with two attached hydrogens (primary N) is 1. The number of hydrogen-bond donors (Lipinski definition) is 1. The van der Waals surface area contributed by atoms with E-state index < -0.39 is 0 Å². The summed E-state index contributed by atoms with van der Waals surface area (Å²) in [4.78, 5) is 25.6. The van der Waals surface area contributed by atoms with E-state index in [1.54, 1.807) is 0 Å². The van der Waals surface area contributed by atoms with Crippen molar-refractivity contribution >= 4 is 11.7 Å². The zero-order valence-corrected chi connectivity index (χ0v) is 12.5. The van der Waals surface area contributed by atoms with Gasteiger partial charge in [-0.3, -0.25) is 14.5 Å². The molecule has 0 spiro atoms. The zero-order valence-electron chi connectivity index (χ0n) is 12.5. The van der Waals surface area contributed by atoms with Gasteiger partial charge in [-0.25, -0.2) is 0 Å². The number of Topliss-reactive ketones (excluding diaryl/α,β-unsaturated/α-hetero) is 1. The Morgan fingerprint density at radius 2 is 1.90 bits per heavy atom. The molecule has 0 atom stereocenters. The van der Waals surface area contributed by atoms with E-state index in [1.165, 1.54) is 0 Å². The van der Waals surface area contributed by atoms with Gasteiger partial charge < -0.3 is 10.3 Å². The van der Waals surface area contributed by atoms with Gasteiger partial charge in [0.1, 0.15) is 0 Å². The lowest BCUT2D eigenvalue weighted by molar-refractivity contribution is -0.123. The summed E-state index contributed by atoms with van der Waals surface area (Å²) in [6.45, 7) is 5.94. The van der Waals surface area contributed by atoms with Crippen molar-refractivity contribution in [2.45, 2.75) is 26.7 Å². The number of rotatable bonds is 4. The van der Waals surface area contributed by atoms with E-state index in [9.17, 15) is 9.59 Å². The van der Waals surface area contributed by atoms with Crippen molar-refractivity contribution in [2.24, 2.45) is 18.7 Å². The molecule has 1 aliphatic rings. The molecule has 5 nitrogen and oxygen atoms in total. The van der Waals surface area contributed by atoms with E-state index in [0.29, 0.717) is 6.54 Å². The van der Waals surface area contributed by atoms with Crippen LogP contribution in [0.25, 0.3) is 0 Å². The molecule has 1 aromatic rings. The van der Waals surface area contributed by atoms with Crippen molar-refractivity contribution in [3.63, 3.8) is 0 Å². The van der Waals surface area contributed by atoms with Crippen LogP contribution in [0.2, 0.25) is 0 Å². The molecule has 2 N–H and O–H groups in total. The second kappa shape index (κ2) is 5.79. The number of aromatic nitrogens is 1. The Balaban J connectivity index is 1.96. The highest BCUT2D eigenvalue weighted by molar-refractivity contribution is 5.99. The quantitative estimate of drug-likeness (QED) is 0.836. The summed E-state index contributed by atoms with van der Waals surface area (Å²) < 4.78 is 2.03. The summed E-state index contributed by atoms with van der Waals surface area (Å²) in [5.74, 6) is -0.0868. The van der Waals surface area contributed by atoms with E-state index in [-0.39, 0.29) is 17.6 Å². The first-order valence-corrected chi connectivity index (χ1v) is 7.08. The molecule has 1 amide bonds. The molecule has 0 radical (unpaired) electrons. The first-order chi connectivity index (χ1) is 9.40. The van der Waals surface area contributed by atoms with Gasteiger partial charge in [0.15, 0.2) is 5.78 Å². The van der Waals surface area contributed by atoms with Gasteiger partial charge in [0.05, 0.1) is 6.54 Å². The standard InChI is InChI=1S/C15H23N3O2/c1-10-8-13(11(2)17(10)3)14(19)9-18-6-4-12(5-7-18)15(16)20/h8,12H,4-7,9H2,1-3H3,(H2,16,20). The van der Waals surface area contributed by atoms with Crippen molar-refractivity contribution in [3.8, 4) is 0 Å². The number of carbonyl (C=O) groups excluding carboxylic acids is 2. The van der Waals surface area contributed by atoms with E-state index in [4.69, 9.17) is 5.73 Å². The molecule has 2 heterocycles. The molecular weight excluding hydrogens is 254 g/mol. The third kappa shape index (κ3) is 2.93. The van der Waals surface area contributed by atoms with Crippen LogP contribution in [-0.4, -0.2) is 40.8 Å². The number of amides is 1. The summed E-state index contributed by atoms with van der Waals surface area (Å²) in [6.07, 6.45) is 1.52. The minimum Gasteiger partial charge on any atom is -0.369 e. The van der Waals surface area contributed by atoms with Gasteiger partial charge in [-0.1, -0.05) is 0 Å². The number of ketones is 1. The van der Waals surface area contributed by atoms with Crippen molar-refractivity contribution in [1.82, 2.24) is 9.47 Å². The predicted molar refractivity (Wildman–Crippen MR) is 77.6 cm³/mol. The minimum absolute atomic E-state index is 0.0259. The molecule has 2 rings (SSSR count). The fourth-order valence-electron chi connectivity index (χ4n) is 2.80. The molecule has 1 fully saturated rings. The number of aryl methyl sites for hydroxylation is 1. The molecule has 110 valence electrons. The molecule has 5 heteroatoms. The van der Waals surface area contributed by atoms with E-state index in [2.05, 4.69) is 4.90 Å². The molecule has 0 aromatic carbocycles. The van der Waals surface area contributed by atoms with Crippen LogP contribution in [-0.2, 0) is 11.8 Å². The van der Waals surface area contributed by atoms with Crippen LogP contribution in [0, 0.1) is 19.8 Å². The van der Waals surface area contributed by atoms with Crippen LogP contribution in [0.4, 0.5) is 0 Å². The third-order valence-corrected chi connectivity index (χ3v) is 4.43. The highest BCUT2D eigenvalue weighted by Gasteiger charge is 2.25. The van der Waals surface area contributed by atoms with E-state index >= 15 is 0 Å². The van der Waals surface area contributed by atoms with Crippen molar-refractivity contribution in [3.05, 3.63) is 23.0 Å². The fourth-order valence-corrected chi connectivity index (χ4v) is 2.80. The Morgan fingerprint density at radius 1 is 1.30 bits per heavy atom. The van der Waals surface area contributed by atoms with Crippen LogP contribution in [0.1, 0.15) is 34.6 Å². The summed E-state index contributed by atoms with van der Waals surface area (Å²) in [6, 6.07) is 1.95. The predicted octanol–water partition coefficient (Wildman–Crippen LogP) is 1.02. The first-order valence-electron chi connectivity index (χ1n) is 7.08. The zero-order chi connectivity index (χ0) is 14.9. The van der Waals surface area contributed by atoms with Gasteiger partial charge in [0.25, 0.3) is 0 Å². The summed E-state index contributed by atoms with van der Waals surface area (Å²) in [5, 5.41) is 0. The summed E-state index contributed by atoms with van der Waals surface area (Å²) in [5.41, 5.74) is 8.23. The Kier molecular flexibility index (Phi) is 4.28. The summed E-state index contributed by atoms with van der Waals surface area (Å²) >= 11 is 0. The highest BCUT2D eigenvalue weighted by Crippen LogP contribution is 2.18. The van der Waals surface area contributed by atoms with Crippen molar-refractivity contribution in [2.75, 3.05) is 19.6 Å². The molecule has 0 bridgehead atoms. The molecule has 0 aliphatic carbocycles. The Hall–Kier alpha value is -1.62. The minimum atomic E-state index is -0.217. The van der Waals surface area contributed by atoms with Crippen LogP contribution >= 0.6 is 0 Å². The van der Waals surface area contributed by atoms with Crippen LogP contribution in [0.3, 0.4) is 0 Å². The first kappa shape index (κ1) is 14.8. The molecule has 1 saturated heterocycles. The average Bonchev–Trinajstić information content (AvgIpc) is 2.67. The third-order valence-electron chi connectivity index (χ3n) is 4.43. The topological polar surface area (TPSA) is 68.3 Å². The SMILES string of the molecule is Cc1cc(C(=O)CN2CCC(C(N)=O)CC2)c(C)n1C. The number of hydrogen-bond acceptors (Lipinski definition) is 3. The number of likely N-dealkylation sites (tertiary alicyclic amines) is 1. The second-order valence-electron chi connectivity index (χ2n) is 5.72. The molecule has 0 unspecified atom stereocenters. The average molecular weight is 277 g/mol. The molecule has 20 heavy (non-hydrogen) atoms. The van der Waals surface area contributed by atoms with Crippen LogP contribution < -0.4 is 5.73 Å². The van der Waals surface area contributed by atoms with Crippen molar-refractivity contribution < 1.29 is 9.59 Å². The molecular formula is C15H23N3O2. The van der Waals surface area contributed by atoms with Gasteiger partial charge in [-0.2, -0.15) is 0 Å². The van der Waals surface area contributed by atoms with Crippen LogP contribution in [0.15, 0.2) is 6.07 Å². The van der Waals surface area contributed by atoms with Gasteiger partial charge in [-0.05, 0) is 45.8 Å². The Morgan fingerprint density at radius 3 is 2.35 bits per heavy atom. The maximum Gasteiger partial charge on any atom is 0.220 e. The molecule has 1 aliphatic heterocycles. The van der Waals surface area contributed by atoms with Crippen LogP contribution in [0.5, 0.6) is 0 Å². The Bertz CT molecular complexity index is 525. The normalized spacial score (nSPS) is 17.4. The molecule has 0 saturated carbocycles. The number of piperidine rings is 1. The maximum atomic E-state index is 12.4. The Labute approximate surface area is 119 Å². The maximum absolute atomic E-state index is 12.4. The lowest BCUT2D eigenvalue weighted by atomic mass is 9.96. The van der Waals surface area contributed by atoms with Gasteiger partial charge in [-0.15, -0.1) is 0 Å². The lowest BCUT2D eigenvalue weighted by Gasteiger charge is -2.29. The van der Waals surface area contributed by atoms with E-state index in [1.807, 2.05) is 31.5 Å². The fraction of sp³-hybridized carbons (Fsp3) is 0.600. The van der Waals surface area contributed by atoms with Gasteiger partial charge >= 0.3 is 0 Å². The lowest BCUT2D eigenvalue weighted by Crippen LogP contribution is -2.40. The van der Waals surface area contributed by atoms with Gasteiger partial charge in [0.2, 0.25) is 5.91 Å². The number of carbonyl (C=O) groups is 2. The van der Waals surface area contributed by atoms with Crippen molar-refractivity contribution in [1.29, 1.82) is 0 Å². The second-order valence-corrected chi connectivity index (χ2v) is 5.72. The monoisotopic (exact) mass is 277 g/mol. The summed E-state index contributed by atoms with van der Waals surface area (Å²) in [7, 11) is 1.97.